The van der Waals surface area contributed by atoms with E-state index in [4.69, 9.17) is 26.6 Å². The number of nitrogens with one attached hydrogen (secondary N) is 1. The fourth-order valence-corrected chi connectivity index (χ4v) is 1.97. The van der Waals surface area contributed by atoms with E-state index in [-0.39, 0.29) is 41.9 Å². The molecule has 0 saturated carbocycles. The number of ether oxygens (including phenoxy) is 1. The lowest BCUT2D eigenvalue weighted by molar-refractivity contribution is 0.318. The molecule has 0 aliphatic heterocycles. The Labute approximate surface area is 163 Å². The average molecular weight is 466 g/mol. The van der Waals surface area contributed by atoms with Gasteiger partial charge in [-0.25, -0.2) is 4.99 Å². The minimum Gasteiger partial charge on any atom is -0.495 e. The number of hydrogen-bond donors (Lipinski definition) is 2. The smallest absolute Gasteiger partial charge is 0.232 e. The molecular weight excluding hydrogens is 445 g/mol. The van der Waals surface area contributed by atoms with Crippen LogP contribution in [0.5, 0.6) is 5.75 Å². The maximum Gasteiger partial charge on any atom is 0.232 e. The first kappa shape index (κ1) is 20.5. The van der Waals surface area contributed by atoms with Gasteiger partial charge in [-0.3, -0.25) is 0 Å². The highest BCUT2D eigenvalue weighted by Gasteiger charge is 2.21. The Morgan fingerprint density at radius 1 is 1.42 bits per heavy atom. The van der Waals surface area contributed by atoms with Gasteiger partial charge in [0.1, 0.15) is 12.3 Å². The van der Waals surface area contributed by atoms with E-state index in [1.165, 1.54) is 0 Å². The van der Waals surface area contributed by atoms with Gasteiger partial charge in [-0.05, 0) is 18.2 Å². The van der Waals surface area contributed by atoms with Crippen LogP contribution in [0, 0.1) is 0 Å². The fraction of sp³-hybridized carbons (Fsp3) is 0.400. The predicted molar refractivity (Wildman–Crippen MR) is 105 cm³/mol. The van der Waals surface area contributed by atoms with Crippen molar-refractivity contribution in [2.75, 3.05) is 12.4 Å². The highest BCUT2D eigenvalue weighted by molar-refractivity contribution is 14.0. The van der Waals surface area contributed by atoms with E-state index < -0.39 is 0 Å². The van der Waals surface area contributed by atoms with Gasteiger partial charge >= 0.3 is 0 Å². The standard InChI is InChI=1S/C15H20ClN5O2.HI/c1-15(2,3)13-20-12(21-23-13)8-18-14(17)19-9-5-6-11(22-4)10(16)7-9;/h5-7H,8H2,1-4H3,(H3,17,18,19);1H. The zero-order chi connectivity index (χ0) is 17.0. The third-order valence-electron chi connectivity index (χ3n) is 2.92. The van der Waals surface area contributed by atoms with Crippen molar-refractivity contribution < 1.29 is 9.26 Å². The van der Waals surface area contributed by atoms with Gasteiger partial charge in [0, 0.05) is 11.1 Å². The summed E-state index contributed by atoms with van der Waals surface area (Å²) >= 11 is 6.05. The molecule has 2 aromatic rings. The van der Waals surface area contributed by atoms with Gasteiger partial charge in [0.2, 0.25) is 5.89 Å². The van der Waals surface area contributed by atoms with Crippen LogP contribution in [0.4, 0.5) is 5.69 Å². The molecule has 1 aromatic heterocycles. The summed E-state index contributed by atoms with van der Waals surface area (Å²) in [5, 5.41) is 7.31. The second kappa shape index (κ2) is 8.52. The number of halogens is 2. The molecule has 0 saturated heterocycles. The number of guanidine groups is 1. The molecule has 2 rings (SSSR count). The SMILES string of the molecule is COc1ccc(NC(N)=NCc2noc(C(C)(C)C)n2)cc1Cl.I. The van der Waals surface area contributed by atoms with Crippen LogP contribution in [0.25, 0.3) is 0 Å². The molecular formula is C15H21ClIN5O2. The molecule has 3 N–H and O–H groups in total. The van der Waals surface area contributed by atoms with Crippen molar-refractivity contribution in [3.63, 3.8) is 0 Å². The van der Waals surface area contributed by atoms with Gasteiger partial charge in [-0.15, -0.1) is 24.0 Å². The average Bonchev–Trinajstić information content (AvgIpc) is 2.94. The van der Waals surface area contributed by atoms with Crippen molar-refractivity contribution in [3.8, 4) is 5.75 Å². The molecule has 9 heteroatoms. The minimum atomic E-state index is -0.196. The van der Waals surface area contributed by atoms with E-state index >= 15 is 0 Å². The number of nitrogens with zero attached hydrogens (tertiary/aromatic N) is 3. The number of aromatic nitrogens is 2. The lowest BCUT2D eigenvalue weighted by atomic mass is 9.97. The number of rotatable bonds is 4. The van der Waals surface area contributed by atoms with Gasteiger partial charge < -0.3 is 20.3 Å². The number of anilines is 1. The third-order valence-corrected chi connectivity index (χ3v) is 3.22. The van der Waals surface area contributed by atoms with Crippen molar-refractivity contribution in [3.05, 3.63) is 34.9 Å². The summed E-state index contributed by atoms with van der Waals surface area (Å²) in [6.07, 6.45) is 0. The van der Waals surface area contributed by atoms with Gasteiger partial charge in [-0.1, -0.05) is 37.5 Å². The molecule has 0 aliphatic carbocycles. The molecule has 0 aliphatic rings. The number of benzene rings is 1. The fourth-order valence-electron chi connectivity index (χ4n) is 1.71. The monoisotopic (exact) mass is 465 g/mol. The molecule has 24 heavy (non-hydrogen) atoms. The summed E-state index contributed by atoms with van der Waals surface area (Å²) in [6.45, 7) is 6.22. The van der Waals surface area contributed by atoms with E-state index in [0.717, 1.165) is 0 Å². The zero-order valence-electron chi connectivity index (χ0n) is 14.0. The Balaban J connectivity index is 0.00000288. The van der Waals surface area contributed by atoms with Crippen LogP contribution in [0.1, 0.15) is 32.5 Å². The Hall–Kier alpha value is -1.55. The van der Waals surface area contributed by atoms with Crippen molar-refractivity contribution in [2.24, 2.45) is 10.7 Å². The van der Waals surface area contributed by atoms with E-state index in [0.29, 0.717) is 28.2 Å². The summed E-state index contributed by atoms with van der Waals surface area (Å²) in [5.41, 5.74) is 6.36. The highest BCUT2D eigenvalue weighted by atomic mass is 127. The Morgan fingerprint density at radius 3 is 2.67 bits per heavy atom. The Morgan fingerprint density at radius 2 is 2.12 bits per heavy atom. The summed E-state index contributed by atoms with van der Waals surface area (Å²) in [7, 11) is 1.56. The second-order valence-electron chi connectivity index (χ2n) is 5.94. The molecule has 0 atom stereocenters. The molecule has 0 unspecified atom stereocenters. The zero-order valence-corrected chi connectivity index (χ0v) is 17.0. The van der Waals surface area contributed by atoms with E-state index in [9.17, 15) is 0 Å². The van der Waals surface area contributed by atoms with Crippen LogP contribution >= 0.6 is 35.6 Å². The molecule has 0 radical (unpaired) electrons. The van der Waals surface area contributed by atoms with Gasteiger partial charge in [0.25, 0.3) is 0 Å². The van der Waals surface area contributed by atoms with E-state index in [1.54, 1.807) is 25.3 Å². The van der Waals surface area contributed by atoms with Gasteiger partial charge in [-0.2, -0.15) is 4.98 Å². The van der Waals surface area contributed by atoms with Crippen molar-refractivity contribution >= 4 is 47.2 Å². The van der Waals surface area contributed by atoms with Crippen LogP contribution in [0.3, 0.4) is 0 Å². The number of methoxy groups -OCH3 is 1. The molecule has 0 fully saturated rings. The molecule has 1 heterocycles. The summed E-state index contributed by atoms with van der Waals surface area (Å²) in [5.74, 6) is 1.87. The third kappa shape index (κ3) is 5.52. The van der Waals surface area contributed by atoms with E-state index in [2.05, 4.69) is 20.4 Å². The normalized spacial score (nSPS) is 11.8. The maximum atomic E-state index is 6.05. The molecule has 0 bridgehead atoms. The Bertz CT molecular complexity index is 712. The summed E-state index contributed by atoms with van der Waals surface area (Å²) in [6, 6.07) is 5.24. The topological polar surface area (TPSA) is 98.6 Å². The molecule has 132 valence electrons. The first-order chi connectivity index (χ1) is 10.8. The molecule has 0 amide bonds. The van der Waals surface area contributed by atoms with Crippen molar-refractivity contribution in [1.82, 2.24) is 10.1 Å². The van der Waals surface area contributed by atoms with Crippen LogP contribution < -0.4 is 15.8 Å². The molecule has 0 spiro atoms. The van der Waals surface area contributed by atoms with Crippen molar-refractivity contribution in [2.45, 2.75) is 32.7 Å². The maximum absolute atomic E-state index is 6.05. The largest absolute Gasteiger partial charge is 0.495 e. The van der Waals surface area contributed by atoms with Gasteiger partial charge in [0.05, 0.1) is 12.1 Å². The highest BCUT2D eigenvalue weighted by Crippen LogP contribution is 2.27. The van der Waals surface area contributed by atoms with Crippen LogP contribution in [0.2, 0.25) is 5.02 Å². The predicted octanol–water partition coefficient (Wildman–Crippen LogP) is 3.57. The number of hydrogen-bond acceptors (Lipinski definition) is 5. The van der Waals surface area contributed by atoms with Gasteiger partial charge in [0.15, 0.2) is 11.8 Å². The molecule has 7 nitrogen and oxygen atoms in total. The Kier molecular flexibility index (Phi) is 7.27. The van der Waals surface area contributed by atoms with Crippen LogP contribution in [0.15, 0.2) is 27.7 Å². The summed E-state index contributed by atoms with van der Waals surface area (Å²) < 4.78 is 10.3. The number of nitrogens with two attached hydrogens (primary N) is 1. The lowest BCUT2D eigenvalue weighted by Crippen LogP contribution is -2.22. The molecule has 1 aromatic carbocycles. The first-order valence-corrected chi connectivity index (χ1v) is 7.41. The second-order valence-corrected chi connectivity index (χ2v) is 6.35. The lowest BCUT2D eigenvalue weighted by Gasteiger charge is -2.10. The van der Waals surface area contributed by atoms with Crippen molar-refractivity contribution in [1.29, 1.82) is 0 Å². The minimum absolute atomic E-state index is 0. The summed E-state index contributed by atoms with van der Waals surface area (Å²) in [4.78, 5) is 8.47. The van der Waals surface area contributed by atoms with E-state index in [1.807, 2.05) is 20.8 Å². The first-order valence-electron chi connectivity index (χ1n) is 7.03. The number of aliphatic imine (C=N–C) groups is 1. The van der Waals surface area contributed by atoms with Crippen LogP contribution in [-0.4, -0.2) is 23.2 Å². The van der Waals surface area contributed by atoms with Crippen LogP contribution in [-0.2, 0) is 12.0 Å². The quantitative estimate of drug-likeness (QED) is 0.407.